The van der Waals surface area contributed by atoms with Crippen LogP contribution in [0.25, 0.3) is 16.6 Å². The van der Waals surface area contributed by atoms with Crippen LogP contribution >= 0.6 is 0 Å². The summed E-state index contributed by atoms with van der Waals surface area (Å²) in [5.41, 5.74) is 3.51. The quantitative estimate of drug-likeness (QED) is 0.679. The van der Waals surface area contributed by atoms with Gasteiger partial charge in [-0.25, -0.2) is 4.68 Å². The number of carbonyl (C=O) groups excluding carboxylic acids is 2. The normalized spacial score (nSPS) is 19.0. The minimum atomic E-state index is -0.0205. The van der Waals surface area contributed by atoms with E-state index in [1.165, 1.54) is 0 Å². The summed E-state index contributed by atoms with van der Waals surface area (Å²) >= 11 is 0. The molecule has 3 aromatic rings. The van der Waals surface area contributed by atoms with Crippen molar-refractivity contribution in [2.24, 2.45) is 5.92 Å². The Morgan fingerprint density at radius 3 is 2.80 bits per heavy atom. The smallest absolute Gasteiger partial charge is 0.217 e. The number of nitrogens with zero attached hydrogens (tertiary/aromatic N) is 4. The predicted octanol–water partition coefficient (Wildman–Crippen LogP) is 3.32. The van der Waals surface area contributed by atoms with E-state index in [9.17, 15) is 9.59 Å². The van der Waals surface area contributed by atoms with E-state index in [2.05, 4.69) is 20.4 Å². The lowest BCUT2D eigenvalue weighted by atomic mass is 9.81. The Hall–Kier alpha value is -3.09. The van der Waals surface area contributed by atoms with E-state index in [-0.39, 0.29) is 23.7 Å². The van der Waals surface area contributed by atoms with Gasteiger partial charge in [-0.15, -0.1) is 0 Å². The van der Waals surface area contributed by atoms with Crippen LogP contribution in [0.1, 0.15) is 50.4 Å². The molecule has 2 atom stereocenters. The lowest BCUT2D eigenvalue weighted by molar-refractivity contribution is -0.122. The first-order valence-corrected chi connectivity index (χ1v) is 10.5. The second kappa shape index (κ2) is 8.73. The van der Waals surface area contributed by atoms with E-state index in [1.807, 2.05) is 29.8 Å². The number of pyridine rings is 2. The number of hydrogen-bond donors (Lipinski definition) is 1. The number of fused-ring (bicyclic) bond motifs is 1. The zero-order valence-corrected chi connectivity index (χ0v) is 17.5. The summed E-state index contributed by atoms with van der Waals surface area (Å²) in [7, 11) is 0. The highest BCUT2D eigenvalue weighted by atomic mass is 16.1. The van der Waals surface area contributed by atoms with E-state index >= 15 is 0 Å². The number of amides is 1. The molecule has 1 amide bonds. The summed E-state index contributed by atoms with van der Waals surface area (Å²) in [4.78, 5) is 32.9. The first-order chi connectivity index (χ1) is 14.5. The zero-order valence-electron chi connectivity index (χ0n) is 17.5. The van der Waals surface area contributed by atoms with Gasteiger partial charge in [-0.1, -0.05) is 12.8 Å². The van der Waals surface area contributed by atoms with Crippen LogP contribution in [-0.4, -0.2) is 37.5 Å². The molecule has 7 nitrogen and oxygen atoms in total. The molecular formula is C23H27N5O2. The van der Waals surface area contributed by atoms with Gasteiger partial charge >= 0.3 is 0 Å². The highest BCUT2D eigenvalue weighted by molar-refractivity contribution is 5.84. The van der Waals surface area contributed by atoms with Gasteiger partial charge in [-0.05, 0) is 43.9 Å². The van der Waals surface area contributed by atoms with Gasteiger partial charge in [0.05, 0.1) is 23.6 Å². The molecule has 1 N–H and O–H groups in total. The maximum Gasteiger partial charge on any atom is 0.217 e. The van der Waals surface area contributed by atoms with E-state index in [0.717, 1.165) is 53.7 Å². The summed E-state index contributed by atoms with van der Waals surface area (Å²) in [6, 6.07) is 5.93. The zero-order chi connectivity index (χ0) is 21.1. The van der Waals surface area contributed by atoms with Crippen LogP contribution in [0.5, 0.6) is 0 Å². The number of hydrogen-bond acceptors (Lipinski definition) is 5. The summed E-state index contributed by atoms with van der Waals surface area (Å²) in [6.45, 7) is 3.49. The first kappa shape index (κ1) is 20.2. The molecule has 7 heteroatoms. The van der Waals surface area contributed by atoms with E-state index in [4.69, 9.17) is 0 Å². The highest BCUT2D eigenvalue weighted by Gasteiger charge is 2.27. The Balaban J connectivity index is 1.46. The third-order valence-corrected chi connectivity index (χ3v) is 5.80. The van der Waals surface area contributed by atoms with Crippen LogP contribution in [-0.2, 0) is 16.0 Å². The molecule has 1 saturated carbocycles. The van der Waals surface area contributed by atoms with Crippen molar-refractivity contribution in [3.05, 3.63) is 48.2 Å². The number of aromatic nitrogens is 4. The van der Waals surface area contributed by atoms with Crippen LogP contribution < -0.4 is 5.32 Å². The number of Topliss-reactive ketones (excluding diaryl/α,β-unsaturated/α-hetero) is 1. The van der Waals surface area contributed by atoms with Crippen LogP contribution in [0.15, 0.2) is 36.8 Å². The Kier molecular flexibility index (Phi) is 5.88. The molecule has 0 bridgehead atoms. The monoisotopic (exact) mass is 405 g/mol. The minimum absolute atomic E-state index is 0.0205. The molecule has 3 aromatic heterocycles. The molecule has 0 unspecified atom stereocenters. The number of ketones is 1. The van der Waals surface area contributed by atoms with Gasteiger partial charge in [0, 0.05) is 48.8 Å². The fraction of sp³-hybridized carbons (Fsp3) is 0.435. The van der Waals surface area contributed by atoms with Crippen LogP contribution in [0.4, 0.5) is 0 Å². The molecule has 0 aromatic carbocycles. The Labute approximate surface area is 175 Å². The Morgan fingerprint density at radius 1 is 1.17 bits per heavy atom. The summed E-state index contributed by atoms with van der Waals surface area (Å²) in [5, 5.41) is 8.46. The van der Waals surface area contributed by atoms with Crippen LogP contribution in [0, 0.1) is 12.8 Å². The number of carbonyl (C=O) groups is 2. The average Bonchev–Trinajstić information content (AvgIpc) is 3.12. The standard InChI is InChI=1S/C23H27N5O2/c1-15-9-20(7-8-24-15)28-23-14-25-19(10-18(23)13-26-28)12-21(30)11-17-5-3-4-6-22(17)27-16(2)29/h7-10,13-14,17,22H,3-6,11-12H2,1-2H3,(H,27,29)/t17-,22+/m1/s1. The molecule has 1 aliphatic rings. The van der Waals surface area contributed by atoms with Gasteiger partial charge in [0.15, 0.2) is 0 Å². The topological polar surface area (TPSA) is 89.8 Å². The number of rotatable bonds is 6. The van der Waals surface area contributed by atoms with Crippen LogP contribution in [0.3, 0.4) is 0 Å². The second-order valence-corrected chi connectivity index (χ2v) is 8.22. The minimum Gasteiger partial charge on any atom is -0.353 e. The molecule has 30 heavy (non-hydrogen) atoms. The van der Waals surface area contributed by atoms with E-state index < -0.39 is 0 Å². The largest absolute Gasteiger partial charge is 0.353 e. The SMILES string of the molecule is CC(=O)N[C@H]1CCCC[C@@H]1CC(=O)Cc1cc2cnn(-c3ccnc(C)c3)c2cn1. The fourth-order valence-corrected chi connectivity index (χ4v) is 4.41. The molecule has 1 fully saturated rings. The molecule has 0 spiro atoms. The van der Waals surface area contributed by atoms with Crippen molar-refractivity contribution < 1.29 is 9.59 Å². The van der Waals surface area contributed by atoms with Crippen molar-refractivity contribution in [2.75, 3.05) is 0 Å². The molecule has 0 aliphatic heterocycles. The van der Waals surface area contributed by atoms with Gasteiger partial charge < -0.3 is 5.32 Å². The lowest BCUT2D eigenvalue weighted by Gasteiger charge is -2.31. The summed E-state index contributed by atoms with van der Waals surface area (Å²) in [5.74, 6) is 0.366. The maximum atomic E-state index is 12.7. The van der Waals surface area contributed by atoms with Crippen LogP contribution in [0.2, 0.25) is 0 Å². The van der Waals surface area contributed by atoms with Gasteiger partial charge in [0.1, 0.15) is 5.78 Å². The van der Waals surface area contributed by atoms with Crippen molar-refractivity contribution in [2.45, 2.75) is 58.4 Å². The summed E-state index contributed by atoms with van der Waals surface area (Å²) in [6.07, 6.45) is 10.3. The van der Waals surface area contributed by atoms with Crippen molar-refractivity contribution in [3.63, 3.8) is 0 Å². The van der Waals surface area contributed by atoms with Crippen molar-refractivity contribution >= 4 is 22.6 Å². The number of nitrogens with one attached hydrogen (secondary N) is 1. The first-order valence-electron chi connectivity index (χ1n) is 10.5. The van der Waals surface area contributed by atoms with Gasteiger partial charge in [-0.3, -0.25) is 19.6 Å². The van der Waals surface area contributed by atoms with Gasteiger partial charge in [0.2, 0.25) is 5.91 Å². The lowest BCUT2D eigenvalue weighted by Crippen LogP contribution is -2.41. The summed E-state index contributed by atoms with van der Waals surface area (Å²) < 4.78 is 1.84. The van der Waals surface area contributed by atoms with E-state index in [1.54, 1.807) is 25.5 Å². The maximum absolute atomic E-state index is 12.7. The third kappa shape index (κ3) is 4.56. The molecule has 0 saturated heterocycles. The molecule has 0 radical (unpaired) electrons. The molecule has 1 aliphatic carbocycles. The third-order valence-electron chi connectivity index (χ3n) is 5.80. The van der Waals surface area contributed by atoms with Gasteiger partial charge in [-0.2, -0.15) is 5.10 Å². The van der Waals surface area contributed by atoms with Crippen molar-refractivity contribution in [1.82, 2.24) is 25.1 Å². The molecule has 156 valence electrons. The fourth-order valence-electron chi connectivity index (χ4n) is 4.41. The Bertz CT molecular complexity index is 1070. The highest BCUT2D eigenvalue weighted by Crippen LogP contribution is 2.28. The van der Waals surface area contributed by atoms with Gasteiger partial charge in [0.25, 0.3) is 0 Å². The molecule has 3 heterocycles. The molecular weight excluding hydrogens is 378 g/mol. The second-order valence-electron chi connectivity index (χ2n) is 8.22. The predicted molar refractivity (Wildman–Crippen MR) is 114 cm³/mol. The van der Waals surface area contributed by atoms with Crippen molar-refractivity contribution in [3.8, 4) is 5.69 Å². The average molecular weight is 406 g/mol. The van der Waals surface area contributed by atoms with E-state index in [0.29, 0.717) is 12.8 Å². The Morgan fingerprint density at radius 2 is 2.00 bits per heavy atom. The van der Waals surface area contributed by atoms with Crippen molar-refractivity contribution in [1.29, 1.82) is 0 Å². The molecule has 4 rings (SSSR count). The number of aryl methyl sites for hydroxylation is 1.